The highest BCUT2D eigenvalue weighted by Gasteiger charge is 2.43. The van der Waals surface area contributed by atoms with Crippen LogP contribution in [0.3, 0.4) is 0 Å². The first-order valence-electron chi connectivity index (χ1n) is 10.9. The van der Waals surface area contributed by atoms with E-state index in [2.05, 4.69) is 25.4 Å². The Kier molecular flexibility index (Phi) is 5.80. The van der Waals surface area contributed by atoms with Crippen LogP contribution in [0.25, 0.3) is 11.3 Å². The molecule has 3 aromatic heterocycles. The summed E-state index contributed by atoms with van der Waals surface area (Å²) in [6, 6.07) is 7.90. The Hall–Kier alpha value is -4.08. The second-order valence-corrected chi connectivity index (χ2v) is 8.44. The van der Waals surface area contributed by atoms with Crippen molar-refractivity contribution in [1.29, 1.82) is 5.26 Å². The Morgan fingerprint density at radius 2 is 2.09 bits per heavy atom. The fraction of sp³-hybridized carbons (Fsp3) is 0.304. The summed E-state index contributed by atoms with van der Waals surface area (Å²) in [5, 5.41) is 33.5. The third-order valence-corrected chi connectivity index (χ3v) is 6.45. The molecule has 4 aromatic rings. The van der Waals surface area contributed by atoms with Gasteiger partial charge in [0.15, 0.2) is 0 Å². The van der Waals surface area contributed by atoms with Crippen LogP contribution >= 0.6 is 0 Å². The molecule has 1 N–H and O–H groups in total. The summed E-state index contributed by atoms with van der Waals surface area (Å²) in [7, 11) is 0. The maximum absolute atomic E-state index is 14.9. The van der Waals surface area contributed by atoms with Crippen molar-refractivity contribution < 1.29 is 13.9 Å². The highest BCUT2D eigenvalue weighted by Crippen LogP contribution is 2.35. The molecule has 12 heteroatoms. The minimum atomic E-state index is -1.75. The minimum absolute atomic E-state index is 0.0318. The predicted octanol–water partition coefficient (Wildman–Crippen LogP) is 1.87. The van der Waals surface area contributed by atoms with Crippen LogP contribution in [0, 0.1) is 23.0 Å². The summed E-state index contributed by atoms with van der Waals surface area (Å²) in [6.07, 6.45) is 4.33. The van der Waals surface area contributed by atoms with E-state index in [1.54, 1.807) is 29.9 Å². The van der Waals surface area contributed by atoms with E-state index in [9.17, 15) is 13.9 Å². The van der Waals surface area contributed by atoms with Crippen LogP contribution < -0.4 is 0 Å². The lowest BCUT2D eigenvalue weighted by atomic mass is 9.85. The van der Waals surface area contributed by atoms with Crippen LogP contribution in [-0.4, -0.2) is 57.3 Å². The summed E-state index contributed by atoms with van der Waals surface area (Å²) in [6.45, 7) is 3.10. The highest BCUT2D eigenvalue weighted by molar-refractivity contribution is 5.60. The van der Waals surface area contributed by atoms with Gasteiger partial charge in [-0.3, -0.25) is 4.90 Å². The van der Waals surface area contributed by atoms with E-state index in [4.69, 9.17) is 5.26 Å². The summed E-state index contributed by atoms with van der Waals surface area (Å²) in [4.78, 5) is 10.0. The van der Waals surface area contributed by atoms with Gasteiger partial charge in [-0.05, 0) is 25.1 Å². The molecule has 0 saturated carbocycles. The molecular weight excluding hydrogens is 456 g/mol. The maximum Gasteiger partial charge on any atom is 0.140 e. The van der Waals surface area contributed by atoms with E-state index in [0.717, 1.165) is 17.8 Å². The number of fused-ring (bicyclic) bond motifs is 1. The number of halogens is 2. The van der Waals surface area contributed by atoms with E-state index in [1.807, 2.05) is 11.0 Å². The summed E-state index contributed by atoms with van der Waals surface area (Å²) < 4.78 is 31.8. The molecular formula is C23H21F2N9O. The van der Waals surface area contributed by atoms with E-state index in [1.165, 1.54) is 23.4 Å². The number of aliphatic hydroxyl groups is 1. The van der Waals surface area contributed by atoms with Gasteiger partial charge in [-0.1, -0.05) is 11.3 Å². The molecule has 0 saturated heterocycles. The zero-order chi connectivity index (χ0) is 24.6. The Morgan fingerprint density at radius 1 is 1.23 bits per heavy atom. The van der Waals surface area contributed by atoms with Crippen molar-refractivity contribution in [2.45, 2.75) is 38.2 Å². The number of hydrogen-bond acceptors (Lipinski definition) is 8. The van der Waals surface area contributed by atoms with E-state index >= 15 is 0 Å². The summed E-state index contributed by atoms with van der Waals surface area (Å²) in [5.41, 5.74) is 0.642. The molecule has 0 bridgehead atoms. The average Bonchev–Trinajstić information content (AvgIpc) is 3.53. The Morgan fingerprint density at radius 3 is 2.77 bits per heavy atom. The van der Waals surface area contributed by atoms with Crippen LogP contribution in [0.4, 0.5) is 8.78 Å². The van der Waals surface area contributed by atoms with Crippen LogP contribution in [0.15, 0.2) is 49.2 Å². The number of pyridine rings is 1. The molecule has 1 aromatic carbocycles. The Balaban J connectivity index is 1.49. The molecule has 0 aliphatic carbocycles. The van der Waals surface area contributed by atoms with Crippen LogP contribution in [-0.2, 0) is 25.2 Å². The van der Waals surface area contributed by atoms with Crippen LogP contribution in [0.2, 0.25) is 0 Å². The molecule has 1 aliphatic rings. The van der Waals surface area contributed by atoms with Gasteiger partial charge < -0.3 is 5.11 Å². The van der Waals surface area contributed by atoms with Crippen molar-refractivity contribution in [3.8, 4) is 17.3 Å². The summed E-state index contributed by atoms with van der Waals surface area (Å²) >= 11 is 0. The van der Waals surface area contributed by atoms with Gasteiger partial charge in [0, 0.05) is 42.5 Å². The van der Waals surface area contributed by atoms with Crippen molar-refractivity contribution in [3.63, 3.8) is 0 Å². The maximum atomic E-state index is 14.9. The lowest BCUT2D eigenvalue weighted by Crippen LogP contribution is -2.53. The number of nitrogens with zero attached hydrogens (tertiary/aromatic N) is 9. The van der Waals surface area contributed by atoms with E-state index in [0.29, 0.717) is 36.6 Å². The SMILES string of the molecule is C[C@@H](N1CCn2nnc(-c3ccc(C#N)nc3)c2C1)[C@](O)(Cn1cncn1)c1ccc(F)cc1F. The fourth-order valence-electron chi connectivity index (χ4n) is 4.46. The fourth-order valence-corrected chi connectivity index (χ4v) is 4.46. The first kappa shape index (κ1) is 22.7. The standard InChI is InChI=1S/C23H21F2N9O/c1-15(23(35,12-33-14-27-13-29-33)19-5-3-17(24)8-20(19)25)32-6-7-34-21(11-32)22(30-31-34)16-2-4-18(9-26)28-10-16/h2-5,8,10,13-15,35H,6-7,11-12H2,1H3/t15-,23-/m1/s1. The smallest absolute Gasteiger partial charge is 0.140 e. The van der Waals surface area contributed by atoms with E-state index < -0.39 is 23.3 Å². The van der Waals surface area contributed by atoms with Crippen LogP contribution in [0.1, 0.15) is 23.9 Å². The lowest BCUT2D eigenvalue weighted by Gasteiger charge is -2.42. The van der Waals surface area contributed by atoms with Gasteiger partial charge in [0.1, 0.15) is 47.3 Å². The average molecular weight is 477 g/mol. The van der Waals surface area contributed by atoms with Gasteiger partial charge in [-0.15, -0.1) is 5.10 Å². The predicted molar refractivity (Wildman–Crippen MR) is 118 cm³/mol. The third-order valence-electron chi connectivity index (χ3n) is 6.45. The molecule has 178 valence electrons. The molecule has 0 amide bonds. The van der Waals surface area contributed by atoms with Crippen LogP contribution in [0.5, 0.6) is 0 Å². The molecule has 1 aliphatic heterocycles. The zero-order valence-electron chi connectivity index (χ0n) is 18.8. The van der Waals surface area contributed by atoms with Crippen molar-refractivity contribution in [3.05, 3.63) is 77.8 Å². The minimum Gasteiger partial charge on any atom is -0.381 e. The molecule has 35 heavy (non-hydrogen) atoms. The van der Waals surface area contributed by atoms with Gasteiger partial charge in [0.25, 0.3) is 0 Å². The first-order valence-corrected chi connectivity index (χ1v) is 10.9. The van der Waals surface area contributed by atoms with E-state index in [-0.39, 0.29) is 12.1 Å². The highest BCUT2D eigenvalue weighted by atomic mass is 19.1. The lowest BCUT2D eigenvalue weighted by molar-refractivity contribution is -0.0710. The van der Waals surface area contributed by atoms with Gasteiger partial charge in [0.05, 0.1) is 18.8 Å². The molecule has 0 fully saturated rings. The van der Waals surface area contributed by atoms with Gasteiger partial charge in [0.2, 0.25) is 0 Å². The quantitative estimate of drug-likeness (QED) is 0.447. The van der Waals surface area contributed by atoms with Crippen molar-refractivity contribution >= 4 is 0 Å². The zero-order valence-corrected chi connectivity index (χ0v) is 18.8. The normalized spacial score (nSPS) is 16.3. The summed E-state index contributed by atoms with van der Waals surface area (Å²) in [5.74, 6) is -1.57. The van der Waals surface area contributed by atoms with Crippen molar-refractivity contribution in [2.75, 3.05) is 6.54 Å². The molecule has 2 atom stereocenters. The second kappa shape index (κ2) is 8.94. The first-order chi connectivity index (χ1) is 16.9. The van der Waals surface area contributed by atoms with Crippen molar-refractivity contribution in [2.24, 2.45) is 0 Å². The topological polar surface area (TPSA) is 122 Å². The number of aromatic nitrogens is 7. The Labute approximate surface area is 199 Å². The molecule has 0 radical (unpaired) electrons. The van der Waals surface area contributed by atoms with Crippen molar-refractivity contribution in [1.82, 2.24) is 39.6 Å². The molecule has 0 unspecified atom stereocenters. The second-order valence-electron chi connectivity index (χ2n) is 8.44. The van der Waals surface area contributed by atoms with Gasteiger partial charge >= 0.3 is 0 Å². The largest absolute Gasteiger partial charge is 0.381 e. The number of nitriles is 1. The third kappa shape index (κ3) is 4.16. The van der Waals surface area contributed by atoms with Gasteiger partial charge in [-0.25, -0.2) is 28.1 Å². The monoisotopic (exact) mass is 477 g/mol. The Bertz CT molecular complexity index is 1380. The molecule has 5 rings (SSSR count). The molecule has 10 nitrogen and oxygen atoms in total. The number of benzene rings is 1. The number of rotatable bonds is 6. The molecule has 4 heterocycles. The van der Waals surface area contributed by atoms with Gasteiger partial charge in [-0.2, -0.15) is 10.4 Å². The number of hydrogen-bond donors (Lipinski definition) is 1. The molecule has 0 spiro atoms.